The Bertz CT molecular complexity index is 457. The molecule has 0 aromatic carbocycles. The van der Waals surface area contributed by atoms with Crippen molar-refractivity contribution in [1.29, 1.82) is 0 Å². The predicted molar refractivity (Wildman–Crippen MR) is 62.9 cm³/mol. The normalized spacial score (nSPS) is 16.4. The maximum Gasteiger partial charge on any atom is 0.244 e. The Kier molecular flexibility index (Phi) is 3.76. The quantitative estimate of drug-likeness (QED) is 0.810. The molecule has 0 bridgehead atoms. The summed E-state index contributed by atoms with van der Waals surface area (Å²) < 4.78 is 26.1. The van der Waals surface area contributed by atoms with E-state index in [1.165, 1.54) is 10.5 Å². The Morgan fingerprint density at radius 2 is 2.24 bits per heavy atom. The summed E-state index contributed by atoms with van der Waals surface area (Å²) in [5, 5.41) is 8.82. The molecule has 0 unspecified atom stereocenters. The smallest absolute Gasteiger partial charge is 0.244 e. The first-order valence-corrected chi connectivity index (χ1v) is 7.13. The van der Waals surface area contributed by atoms with Gasteiger partial charge in [-0.05, 0) is 31.4 Å². The van der Waals surface area contributed by atoms with Crippen molar-refractivity contribution in [2.75, 3.05) is 13.2 Å². The molecule has 0 atom stereocenters. The van der Waals surface area contributed by atoms with E-state index in [2.05, 4.69) is 4.98 Å². The molecule has 1 aromatic rings. The van der Waals surface area contributed by atoms with Gasteiger partial charge >= 0.3 is 0 Å². The topological polar surface area (TPSA) is 70.5 Å². The molecule has 2 rings (SSSR count). The molecule has 1 heterocycles. The van der Waals surface area contributed by atoms with Crippen LogP contribution in [0.1, 0.15) is 19.3 Å². The van der Waals surface area contributed by atoms with Gasteiger partial charge in [0.1, 0.15) is 4.90 Å². The van der Waals surface area contributed by atoms with E-state index in [1.54, 1.807) is 18.3 Å². The van der Waals surface area contributed by atoms with Crippen LogP contribution in [-0.4, -0.2) is 42.0 Å². The number of nitrogens with zero attached hydrogens (tertiary/aromatic N) is 2. The third kappa shape index (κ3) is 2.83. The molecule has 1 fully saturated rings. The van der Waals surface area contributed by atoms with E-state index >= 15 is 0 Å². The fraction of sp³-hybridized carbons (Fsp3) is 0.545. The number of hydrogen-bond donors (Lipinski definition) is 1. The molecule has 0 saturated heterocycles. The monoisotopic (exact) mass is 256 g/mol. The first-order chi connectivity index (χ1) is 8.16. The van der Waals surface area contributed by atoms with Crippen molar-refractivity contribution in [1.82, 2.24) is 9.29 Å². The minimum absolute atomic E-state index is 0.00573. The first kappa shape index (κ1) is 12.5. The summed E-state index contributed by atoms with van der Waals surface area (Å²) in [6.45, 7) is 0.379. The summed E-state index contributed by atoms with van der Waals surface area (Å²) in [6, 6.07) is 3.27. The van der Waals surface area contributed by atoms with Crippen LogP contribution in [0.25, 0.3) is 0 Å². The van der Waals surface area contributed by atoms with Crippen molar-refractivity contribution < 1.29 is 13.5 Å². The molecule has 1 aliphatic rings. The molecule has 1 N–H and O–H groups in total. The molecule has 1 aromatic heterocycles. The highest BCUT2D eigenvalue weighted by atomic mass is 32.2. The van der Waals surface area contributed by atoms with E-state index < -0.39 is 10.0 Å². The Hall–Kier alpha value is -0.980. The standard InChI is InChI=1S/C11H16N2O3S/c14-8-2-7-13(10-4-5-10)17(15,16)11-3-1-6-12-9-11/h1,3,6,9-10,14H,2,4-5,7-8H2. The highest BCUT2D eigenvalue weighted by molar-refractivity contribution is 7.89. The van der Waals surface area contributed by atoms with Crippen molar-refractivity contribution in [2.45, 2.75) is 30.2 Å². The van der Waals surface area contributed by atoms with E-state index in [1.807, 2.05) is 0 Å². The molecule has 1 saturated carbocycles. The number of aliphatic hydroxyl groups is 1. The molecule has 94 valence electrons. The number of sulfonamides is 1. The second-order valence-corrected chi connectivity index (χ2v) is 6.00. The Morgan fingerprint density at radius 3 is 2.76 bits per heavy atom. The molecule has 0 aliphatic heterocycles. The highest BCUT2D eigenvalue weighted by Gasteiger charge is 2.37. The van der Waals surface area contributed by atoms with E-state index in [4.69, 9.17) is 5.11 Å². The van der Waals surface area contributed by atoms with E-state index in [9.17, 15) is 8.42 Å². The van der Waals surface area contributed by atoms with Gasteiger partial charge in [0.2, 0.25) is 10.0 Å². The van der Waals surface area contributed by atoms with Gasteiger partial charge in [-0.15, -0.1) is 0 Å². The lowest BCUT2D eigenvalue weighted by molar-refractivity contribution is 0.267. The lowest BCUT2D eigenvalue weighted by atomic mass is 10.4. The van der Waals surface area contributed by atoms with Gasteiger partial charge in [0, 0.05) is 31.6 Å². The second-order valence-electron chi connectivity index (χ2n) is 4.11. The number of aliphatic hydroxyl groups excluding tert-OH is 1. The average molecular weight is 256 g/mol. The van der Waals surface area contributed by atoms with Gasteiger partial charge in [-0.25, -0.2) is 8.42 Å². The number of pyridine rings is 1. The highest BCUT2D eigenvalue weighted by Crippen LogP contribution is 2.31. The maximum atomic E-state index is 12.3. The zero-order valence-corrected chi connectivity index (χ0v) is 10.3. The van der Waals surface area contributed by atoms with Crippen molar-refractivity contribution in [3.8, 4) is 0 Å². The van der Waals surface area contributed by atoms with E-state index in [0.717, 1.165) is 12.8 Å². The van der Waals surface area contributed by atoms with E-state index in [-0.39, 0.29) is 17.5 Å². The van der Waals surface area contributed by atoms with Crippen LogP contribution in [0.2, 0.25) is 0 Å². The fourth-order valence-electron chi connectivity index (χ4n) is 1.72. The van der Waals surface area contributed by atoms with Gasteiger partial charge in [-0.3, -0.25) is 4.98 Å². The minimum Gasteiger partial charge on any atom is -0.396 e. The van der Waals surface area contributed by atoms with Gasteiger partial charge in [0.25, 0.3) is 0 Å². The lowest BCUT2D eigenvalue weighted by Gasteiger charge is -2.21. The Balaban J connectivity index is 2.22. The van der Waals surface area contributed by atoms with Crippen LogP contribution in [0.4, 0.5) is 0 Å². The predicted octanol–water partition coefficient (Wildman–Crippen LogP) is 0.617. The summed E-state index contributed by atoms with van der Waals surface area (Å²) in [5.74, 6) is 0. The first-order valence-electron chi connectivity index (χ1n) is 5.69. The molecule has 17 heavy (non-hydrogen) atoms. The number of aromatic nitrogens is 1. The van der Waals surface area contributed by atoms with Crippen LogP contribution in [-0.2, 0) is 10.0 Å². The van der Waals surface area contributed by atoms with E-state index in [0.29, 0.717) is 13.0 Å². The van der Waals surface area contributed by atoms with Crippen molar-refractivity contribution in [3.05, 3.63) is 24.5 Å². The van der Waals surface area contributed by atoms with Gasteiger partial charge in [0.05, 0.1) is 0 Å². The summed E-state index contributed by atoms with van der Waals surface area (Å²) in [5.41, 5.74) is 0. The summed E-state index contributed by atoms with van der Waals surface area (Å²) >= 11 is 0. The third-order valence-corrected chi connectivity index (χ3v) is 4.67. The van der Waals surface area contributed by atoms with Crippen LogP contribution in [0.3, 0.4) is 0 Å². The van der Waals surface area contributed by atoms with Crippen LogP contribution in [0.5, 0.6) is 0 Å². The van der Waals surface area contributed by atoms with Gasteiger partial charge < -0.3 is 5.11 Å². The van der Waals surface area contributed by atoms with Crippen molar-refractivity contribution in [2.24, 2.45) is 0 Å². The fourth-order valence-corrected chi connectivity index (χ4v) is 3.41. The van der Waals surface area contributed by atoms with Gasteiger partial charge in [-0.2, -0.15) is 4.31 Å². The van der Waals surface area contributed by atoms with Crippen LogP contribution >= 0.6 is 0 Å². The number of rotatable bonds is 6. The maximum absolute atomic E-state index is 12.3. The van der Waals surface area contributed by atoms with Crippen molar-refractivity contribution >= 4 is 10.0 Å². The van der Waals surface area contributed by atoms with Crippen LogP contribution in [0.15, 0.2) is 29.4 Å². The van der Waals surface area contributed by atoms with Gasteiger partial charge in [-0.1, -0.05) is 0 Å². The molecule has 6 heteroatoms. The van der Waals surface area contributed by atoms with Crippen LogP contribution < -0.4 is 0 Å². The molecule has 0 amide bonds. The summed E-state index contributed by atoms with van der Waals surface area (Å²) in [4.78, 5) is 4.06. The molecule has 0 spiro atoms. The largest absolute Gasteiger partial charge is 0.396 e. The average Bonchev–Trinajstić information content (AvgIpc) is 3.15. The Labute approximate surface area is 101 Å². The molecule has 1 aliphatic carbocycles. The molecular weight excluding hydrogens is 240 g/mol. The SMILES string of the molecule is O=S(=O)(c1cccnc1)N(CCCO)C1CC1. The lowest BCUT2D eigenvalue weighted by Crippen LogP contribution is -2.34. The van der Waals surface area contributed by atoms with Crippen LogP contribution in [0, 0.1) is 0 Å². The third-order valence-electron chi connectivity index (χ3n) is 2.73. The zero-order chi connectivity index (χ0) is 12.3. The van der Waals surface area contributed by atoms with Gasteiger partial charge in [0.15, 0.2) is 0 Å². The molecule has 0 radical (unpaired) electrons. The second kappa shape index (κ2) is 5.12. The molecular formula is C11H16N2O3S. The molecule has 5 nitrogen and oxygen atoms in total. The number of hydrogen-bond acceptors (Lipinski definition) is 4. The summed E-state index contributed by atoms with van der Waals surface area (Å²) in [7, 11) is -3.45. The summed E-state index contributed by atoms with van der Waals surface area (Å²) in [6.07, 6.45) is 5.20. The van der Waals surface area contributed by atoms with Crippen molar-refractivity contribution in [3.63, 3.8) is 0 Å². The zero-order valence-electron chi connectivity index (χ0n) is 9.49. The Morgan fingerprint density at radius 1 is 1.47 bits per heavy atom. The minimum atomic E-state index is -3.45.